The Morgan fingerprint density at radius 3 is 2.33 bits per heavy atom. The van der Waals surface area contributed by atoms with Crippen molar-refractivity contribution in [2.45, 2.75) is 52.1 Å². The number of guanidine groups is 1. The standard InChI is InChI=1S/C16H35N5O2S/c1-13(2)11-21-9-7-14(8-10-21)19-15(17-5)18-12-16(3,4)20-24(6,22)23/h13-14,20H,7-12H2,1-6H3,(H2,17,18,19). The third kappa shape index (κ3) is 8.84. The lowest BCUT2D eigenvalue weighted by Gasteiger charge is -2.34. The molecular formula is C16H35N5O2S. The summed E-state index contributed by atoms with van der Waals surface area (Å²) in [6, 6.07) is 0.408. The van der Waals surface area contributed by atoms with E-state index >= 15 is 0 Å². The number of likely N-dealkylation sites (tertiary alicyclic amines) is 1. The molecular weight excluding hydrogens is 326 g/mol. The molecule has 0 bridgehead atoms. The summed E-state index contributed by atoms with van der Waals surface area (Å²) in [7, 11) is -1.50. The number of hydrogen-bond acceptors (Lipinski definition) is 4. The minimum Gasteiger partial charge on any atom is -0.355 e. The van der Waals surface area contributed by atoms with E-state index in [0.29, 0.717) is 18.5 Å². The van der Waals surface area contributed by atoms with Gasteiger partial charge in [0.15, 0.2) is 5.96 Å². The summed E-state index contributed by atoms with van der Waals surface area (Å²) in [5.41, 5.74) is -0.578. The third-order valence-corrected chi connectivity index (χ3v) is 4.86. The van der Waals surface area contributed by atoms with Crippen molar-refractivity contribution in [3.05, 3.63) is 0 Å². The Morgan fingerprint density at radius 1 is 1.29 bits per heavy atom. The van der Waals surface area contributed by atoms with Gasteiger partial charge in [0.2, 0.25) is 10.0 Å². The summed E-state index contributed by atoms with van der Waals surface area (Å²) in [5.74, 6) is 1.43. The maximum Gasteiger partial charge on any atom is 0.209 e. The van der Waals surface area contributed by atoms with Gasteiger partial charge in [-0.2, -0.15) is 0 Å². The summed E-state index contributed by atoms with van der Waals surface area (Å²) in [6.07, 6.45) is 3.36. The smallest absolute Gasteiger partial charge is 0.209 e. The predicted octanol–water partition coefficient (Wildman–Crippen LogP) is 0.600. The average molecular weight is 362 g/mol. The minimum absolute atomic E-state index is 0.408. The first-order valence-electron chi connectivity index (χ1n) is 8.69. The summed E-state index contributed by atoms with van der Waals surface area (Å²) in [4.78, 5) is 6.76. The normalized spacial score (nSPS) is 18.9. The molecule has 0 unspecified atom stereocenters. The van der Waals surface area contributed by atoms with Crippen molar-refractivity contribution in [1.29, 1.82) is 0 Å². The fourth-order valence-corrected chi connectivity index (χ4v) is 4.08. The second kappa shape index (κ2) is 9.01. The summed E-state index contributed by atoms with van der Waals surface area (Å²) >= 11 is 0. The Hall–Kier alpha value is -0.860. The van der Waals surface area contributed by atoms with Crippen molar-refractivity contribution in [2.75, 3.05) is 39.5 Å². The van der Waals surface area contributed by atoms with Crippen LogP contribution in [0.1, 0.15) is 40.5 Å². The van der Waals surface area contributed by atoms with E-state index in [-0.39, 0.29) is 0 Å². The van der Waals surface area contributed by atoms with E-state index < -0.39 is 15.6 Å². The fourth-order valence-electron chi connectivity index (χ4n) is 3.01. The number of aliphatic imine (C=N–C) groups is 1. The molecule has 1 fully saturated rings. The number of hydrogen-bond donors (Lipinski definition) is 3. The molecule has 0 aromatic rings. The van der Waals surface area contributed by atoms with E-state index in [1.807, 2.05) is 13.8 Å². The zero-order chi connectivity index (χ0) is 18.4. The third-order valence-electron chi connectivity index (χ3n) is 3.93. The van der Waals surface area contributed by atoms with Crippen LogP contribution in [0.4, 0.5) is 0 Å². The van der Waals surface area contributed by atoms with Crippen LogP contribution in [0, 0.1) is 5.92 Å². The van der Waals surface area contributed by atoms with Crippen LogP contribution in [0.5, 0.6) is 0 Å². The molecule has 1 aliphatic rings. The molecule has 1 aliphatic heterocycles. The molecule has 1 heterocycles. The molecule has 7 nitrogen and oxygen atoms in total. The minimum atomic E-state index is -3.24. The highest BCUT2D eigenvalue weighted by molar-refractivity contribution is 7.88. The largest absolute Gasteiger partial charge is 0.355 e. The van der Waals surface area contributed by atoms with E-state index in [9.17, 15) is 8.42 Å². The monoisotopic (exact) mass is 361 g/mol. The van der Waals surface area contributed by atoms with Gasteiger partial charge in [-0.25, -0.2) is 13.1 Å². The lowest BCUT2D eigenvalue weighted by Crippen LogP contribution is -2.55. The molecule has 24 heavy (non-hydrogen) atoms. The Morgan fingerprint density at radius 2 is 1.88 bits per heavy atom. The van der Waals surface area contributed by atoms with Gasteiger partial charge in [0.1, 0.15) is 0 Å². The first kappa shape index (κ1) is 21.2. The molecule has 0 radical (unpaired) electrons. The molecule has 1 rings (SSSR count). The first-order valence-corrected chi connectivity index (χ1v) is 10.6. The zero-order valence-corrected chi connectivity index (χ0v) is 16.8. The van der Waals surface area contributed by atoms with Crippen molar-refractivity contribution in [1.82, 2.24) is 20.3 Å². The predicted molar refractivity (Wildman–Crippen MR) is 101 cm³/mol. The topological polar surface area (TPSA) is 85.8 Å². The highest BCUT2D eigenvalue weighted by atomic mass is 32.2. The molecule has 0 aliphatic carbocycles. The summed E-state index contributed by atoms with van der Waals surface area (Å²) in [6.45, 7) is 12.0. The highest BCUT2D eigenvalue weighted by Crippen LogP contribution is 2.12. The number of sulfonamides is 1. The van der Waals surface area contributed by atoms with Gasteiger partial charge in [0.25, 0.3) is 0 Å². The molecule has 142 valence electrons. The van der Waals surface area contributed by atoms with Crippen LogP contribution in [0.25, 0.3) is 0 Å². The summed E-state index contributed by atoms with van der Waals surface area (Å²) < 4.78 is 25.4. The van der Waals surface area contributed by atoms with Gasteiger partial charge in [0, 0.05) is 44.8 Å². The van der Waals surface area contributed by atoms with E-state index in [4.69, 9.17) is 0 Å². The van der Waals surface area contributed by atoms with Gasteiger partial charge in [-0.15, -0.1) is 0 Å². The van der Waals surface area contributed by atoms with Gasteiger partial charge in [-0.3, -0.25) is 4.99 Å². The van der Waals surface area contributed by atoms with Crippen LogP contribution < -0.4 is 15.4 Å². The second-order valence-corrected chi connectivity index (χ2v) is 9.55. The average Bonchev–Trinajstić information content (AvgIpc) is 2.42. The highest BCUT2D eigenvalue weighted by Gasteiger charge is 2.24. The van der Waals surface area contributed by atoms with Crippen molar-refractivity contribution in [3.8, 4) is 0 Å². The van der Waals surface area contributed by atoms with Gasteiger partial charge < -0.3 is 15.5 Å². The quantitative estimate of drug-likeness (QED) is 0.457. The van der Waals surface area contributed by atoms with Gasteiger partial charge in [-0.05, 0) is 32.6 Å². The number of piperidine rings is 1. The molecule has 0 aromatic heterocycles. The van der Waals surface area contributed by atoms with Crippen LogP contribution in [0.2, 0.25) is 0 Å². The molecule has 3 N–H and O–H groups in total. The molecule has 0 spiro atoms. The lowest BCUT2D eigenvalue weighted by molar-refractivity contribution is 0.186. The Labute approximate surface area is 147 Å². The first-order chi connectivity index (χ1) is 11.0. The second-order valence-electron chi connectivity index (χ2n) is 7.80. The summed E-state index contributed by atoms with van der Waals surface area (Å²) in [5, 5.41) is 6.67. The van der Waals surface area contributed by atoms with Crippen molar-refractivity contribution in [2.24, 2.45) is 10.9 Å². The van der Waals surface area contributed by atoms with E-state index in [0.717, 1.165) is 38.4 Å². The number of nitrogens with one attached hydrogen (secondary N) is 3. The van der Waals surface area contributed by atoms with Crippen LogP contribution >= 0.6 is 0 Å². The molecule has 0 saturated carbocycles. The number of nitrogens with zero attached hydrogens (tertiary/aromatic N) is 2. The van der Waals surface area contributed by atoms with E-state index in [1.165, 1.54) is 6.26 Å². The van der Waals surface area contributed by atoms with E-state index in [2.05, 4.69) is 39.1 Å². The molecule has 1 saturated heterocycles. The molecule has 0 aromatic carbocycles. The van der Waals surface area contributed by atoms with Crippen LogP contribution in [-0.4, -0.2) is 70.3 Å². The molecule has 8 heteroatoms. The molecule has 0 atom stereocenters. The maximum atomic E-state index is 11.4. The lowest BCUT2D eigenvalue weighted by atomic mass is 10.0. The Kier molecular flexibility index (Phi) is 7.95. The fraction of sp³-hybridized carbons (Fsp3) is 0.938. The van der Waals surface area contributed by atoms with Crippen LogP contribution in [0.15, 0.2) is 4.99 Å². The van der Waals surface area contributed by atoms with Crippen molar-refractivity contribution >= 4 is 16.0 Å². The van der Waals surface area contributed by atoms with Gasteiger partial charge >= 0.3 is 0 Å². The SMILES string of the molecule is CN=C(NCC(C)(C)NS(C)(=O)=O)NC1CCN(CC(C)C)CC1. The number of rotatable bonds is 7. The van der Waals surface area contributed by atoms with Crippen LogP contribution in [-0.2, 0) is 10.0 Å². The maximum absolute atomic E-state index is 11.4. The Bertz CT molecular complexity index is 509. The molecule has 0 amide bonds. The van der Waals surface area contributed by atoms with E-state index in [1.54, 1.807) is 7.05 Å². The van der Waals surface area contributed by atoms with Crippen LogP contribution in [0.3, 0.4) is 0 Å². The van der Waals surface area contributed by atoms with Crippen molar-refractivity contribution < 1.29 is 8.42 Å². The zero-order valence-electron chi connectivity index (χ0n) is 16.0. The Balaban J connectivity index is 2.41. The van der Waals surface area contributed by atoms with Gasteiger partial charge in [0.05, 0.1) is 6.26 Å². The van der Waals surface area contributed by atoms with Gasteiger partial charge in [-0.1, -0.05) is 13.8 Å². The van der Waals surface area contributed by atoms with Crippen molar-refractivity contribution in [3.63, 3.8) is 0 Å².